The van der Waals surface area contributed by atoms with E-state index in [1.807, 2.05) is 0 Å². The third-order valence-electron chi connectivity index (χ3n) is 3.35. The van der Waals surface area contributed by atoms with Crippen molar-refractivity contribution in [3.8, 4) is 0 Å². The summed E-state index contributed by atoms with van der Waals surface area (Å²) in [6.45, 7) is 3.32. The molecule has 0 unspecified atom stereocenters. The molecule has 1 aromatic rings. The highest BCUT2D eigenvalue weighted by atomic mass is 35.5. The zero-order chi connectivity index (χ0) is 15.6. The number of benzene rings is 1. The molecule has 7 heteroatoms. The molecular formula is C14H18ClN3O3. The number of esters is 1. The second-order valence-corrected chi connectivity index (χ2v) is 5.26. The third kappa shape index (κ3) is 3.21. The van der Waals surface area contributed by atoms with Crippen molar-refractivity contribution in [1.82, 2.24) is 4.90 Å². The van der Waals surface area contributed by atoms with Gasteiger partial charge in [0.2, 0.25) is 5.91 Å². The average molecular weight is 312 g/mol. The number of halogens is 1. The quantitative estimate of drug-likeness (QED) is 0.674. The maximum Gasteiger partial charge on any atom is 0.340 e. The van der Waals surface area contributed by atoms with Crippen LogP contribution in [0.4, 0.5) is 11.4 Å². The number of carbonyl (C=O) groups excluding carboxylic acids is 2. The first-order valence-corrected chi connectivity index (χ1v) is 7.07. The van der Waals surface area contributed by atoms with Gasteiger partial charge >= 0.3 is 5.97 Å². The maximum absolute atomic E-state index is 12.1. The second kappa shape index (κ2) is 6.22. The summed E-state index contributed by atoms with van der Waals surface area (Å²) in [4.78, 5) is 27.4. The summed E-state index contributed by atoms with van der Waals surface area (Å²) in [5.41, 5.74) is 6.93. The molecule has 1 amide bonds. The van der Waals surface area contributed by atoms with Gasteiger partial charge in [0.25, 0.3) is 0 Å². The van der Waals surface area contributed by atoms with E-state index in [9.17, 15) is 9.59 Å². The van der Waals surface area contributed by atoms with E-state index >= 15 is 0 Å². The molecule has 6 nitrogen and oxygen atoms in total. The molecule has 1 saturated heterocycles. The van der Waals surface area contributed by atoms with Crippen LogP contribution in [0.15, 0.2) is 12.1 Å². The van der Waals surface area contributed by atoms with Gasteiger partial charge in [0, 0.05) is 25.8 Å². The van der Waals surface area contributed by atoms with Crippen LogP contribution in [0.25, 0.3) is 0 Å². The molecule has 0 saturated carbocycles. The highest BCUT2D eigenvalue weighted by Crippen LogP contribution is 2.33. The lowest BCUT2D eigenvalue weighted by molar-refractivity contribution is -0.129. The highest BCUT2D eigenvalue weighted by Gasteiger charge is 2.27. The number of nitrogen functional groups attached to an aromatic ring is 1. The summed E-state index contributed by atoms with van der Waals surface area (Å²) < 4.78 is 5.04. The Hall–Kier alpha value is -1.95. The average Bonchev–Trinajstić information content (AvgIpc) is 2.41. The fourth-order valence-electron chi connectivity index (χ4n) is 2.26. The van der Waals surface area contributed by atoms with Crippen LogP contribution in [0.3, 0.4) is 0 Å². The van der Waals surface area contributed by atoms with Crippen molar-refractivity contribution in [1.29, 1.82) is 0 Å². The number of piperazine rings is 1. The third-order valence-corrected chi connectivity index (χ3v) is 3.64. The lowest BCUT2D eigenvalue weighted by Crippen LogP contribution is -2.49. The number of amides is 1. The first kappa shape index (κ1) is 15.4. The summed E-state index contributed by atoms with van der Waals surface area (Å²) in [6.07, 6.45) is 0. The number of nitrogens with two attached hydrogens (primary N) is 1. The van der Waals surface area contributed by atoms with E-state index in [2.05, 4.69) is 0 Å². The Balaban J connectivity index is 2.42. The van der Waals surface area contributed by atoms with Crippen LogP contribution < -0.4 is 10.6 Å². The number of carbonyl (C=O) groups is 2. The molecule has 1 aliphatic rings. The predicted octanol–water partition coefficient (Wildman–Crippen LogP) is 1.38. The van der Waals surface area contributed by atoms with Crippen molar-refractivity contribution in [3.05, 3.63) is 22.7 Å². The molecule has 1 aliphatic heterocycles. The number of hydrogen-bond acceptors (Lipinski definition) is 5. The summed E-state index contributed by atoms with van der Waals surface area (Å²) in [5.74, 6) is -0.517. The zero-order valence-corrected chi connectivity index (χ0v) is 12.8. The Morgan fingerprint density at radius 1 is 1.43 bits per heavy atom. The minimum atomic E-state index is -0.493. The van der Waals surface area contributed by atoms with Gasteiger partial charge in [-0.25, -0.2) is 4.79 Å². The molecule has 0 bridgehead atoms. The number of ether oxygens (including phenoxy) is 1. The monoisotopic (exact) mass is 311 g/mol. The van der Waals surface area contributed by atoms with Crippen molar-refractivity contribution < 1.29 is 14.3 Å². The summed E-state index contributed by atoms with van der Waals surface area (Å²) >= 11 is 6.24. The van der Waals surface area contributed by atoms with Gasteiger partial charge in [0.15, 0.2) is 0 Å². The van der Waals surface area contributed by atoms with Gasteiger partial charge in [-0.15, -0.1) is 0 Å². The van der Waals surface area contributed by atoms with Gasteiger partial charge in [0.05, 0.1) is 29.4 Å². The van der Waals surface area contributed by atoms with Crippen molar-refractivity contribution in [2.24, 2.45) is 0 Å². The normalized spacial score (nSPS) is 15.3. The van der Waals surface area contributed by atoms with Gasteiger partial charge < -0.3 is 20.3 Å². The Morgan fingerprint density at radius 3 is 2.76 bits per heavy atom. The standard InChI is InChI=1S/C14H18ClN3O3/c1-3-21-14(20)10-6-9(16)7-11(15)13(10)18-5-4-17(2)12(19)8-18/h6-7H,3-5,8,16H2,1-2H3. The molecule has 114 valence electrons. The molecule has 0 atom stereocenters. The van der Waals surface area contributed by atoms with E-state index in [-0.39, 0.29) is 19.1 Å². The van der Waals surface area contributed by atoms with Crippen molar-refractivity contribution in [2.75, 3.05) is 43.9 Å². The van der Waals surface area contributed by atoms with Gasteiger partial charge in [-0.05, 0) is 19.1 Å². The van der Waals surface area contributed by atoms with E-state index < -0.39 is 5.97 Å². The molecular weight excluding hydrogens is 294 g/mol. The SMILES string of the molecule is CCOC(=O)c1cc(N)cc(Cl)c1N1CCN(C)C(=O)C1. The number of hydrogen-bond donors (Lipinski definition) is 1. The predicted molar refractivity (Wildman–Crippen MR) is 81.7 cm³/mol. The molecule has 0 aliphatic carbocycles. The summed E-state index contributed by atoms with van der Waals surface area (Å²) in [6, 6.07) is 3.10. The number of anilines is 2. The van der Waals surface area contributed by atoms with Gasteiger partial charge in [-0.1, -0.05) is 11.6 Å². The Kier molecular flexibility index (Phi) is 4.57. The van der Waals surface area contributed by atoms with Crippen LogP contribution >= 0.6 is 11.6 Å². The first-order valence-electron chi connectivity index (χ1n) is 6.69. The molecule has 1 heterocycles. The molecule has 1 fully saturated rings. The Labute approximate surface area is 128 Å². The number of likely N-dealkylation sites (N-methyl/N-ethyl adjacent to an activating group) is 1. The van der Waals surface area contributed by atoms with Gasteiger partial charge in [0.1, 0.15) is 0 Å². The molecule has 21 heavy (non-hydrogen) atoms. The minimum absolute atomic E-state index is 0.0241. The topological polar surface area (TPSA) is 75.9 Å². The van der Waals surface area contributed by atoms with E-state index in [0.29, 0.717) is 35.1 Å². The Bertz CT molecular complexity index is 577. The van der Waals surface area contributed by atoms with E-state index in [1.54, 1.807) is 29.8 Å². The highest BCUT2D eigenvalue weighted by molar-refractivity contribution is 6.34. The maximum atomic E-state index is 12.1. The molecule has 0 radical (unpaired) electrons. The summed E-state index contributed by atoms with van der Waals surface area (Å²) in [7, 11) is 1.75. The van der Waals surface area contributed by atoms with Crippen molar-refractivity contribution in [3.63, 3.8) is 0 Å². The fourth-order valence-corrected chi connectivity index (χ4v) is 2.60. The van der Waals surface area contributed by atoms with Crippen LogP contribution in [0.1, 0.15) is 17.3 Å². The molecule has 1 aromatic carbocycles. The Morgan fingerprint density at radius 2 is 2.14 bits per heavy atom. The van der Waals surface area contributed by atoms with Gasteiger partial charge in [-0.3, -0.25) is 4.79 Å². The van der Waals surface area contributed by atoms with Crippen LogP contribution in [0.2, 0.25) is 5.02 Å². The molecule has 0 aromatic heterocycles. The fraction of sp³-hybridized carbons (Fsp3) is 0.429. The minimum Gasteiger partial charge on any atom is -0.462 e. The van der Waals surface area contributed by atoms with Crippen LogP contribution in [-0.4, -0.2) is 50.1 Å². The van der Waals surface area contributed by atoms with Crippen LogP contribution in [0.5, 0.6) is 0 Å². The molecule has 0 spiro atoms. The smallest absolute Gasteiger partial charge is 0.340 e. The molecule has 2 N–H and O–H groups in total. The second-order valence-electron chi connectivity index (χ2n) is 4.86. The molecule has 2 rings (SSSR count). The number of nitrogens with zero attached hydrogens (tertiary/aromatic N) is 2. The lowest BCUT2D eigenvalue weighted by atomic mass is 10.1. The van der Waals surface area contributed by atoms with E-state index in [0.717, 1.165) is 0 Å². The number of rotatable bonds is 3. The first-order chi connectivity index (χ1) is 9.93. The van der Waals surface area contributed by atoms with E-state index in [1.165, 1.54) is 6.07 Å². The van der Waals surface area contributed by atoms with Crippen LogP contribution in [-0.2, 0) is 9.53 Å². The lowest BCUT2D eigenvalue weighted by Gasteiger charge is -2.34. The van der Waals surface area contributed by atoms with Gasteiger partial charge in [-0.2, -0.15) is 0 Å². The largest absolute Gasteiger partial charge is 0.462 e. The van der Waals surface area contributed by atoms with Crippen molar-refractivity contribution >= 4 is 34.9 Å². The van der Waals surface area contributed by atoms with Crippen molar-refractivity contribution in [2.45, 2.75) is 6.92 Å². The van der Waals surface area contributed by atoms with Crippen LogP contribution in [0, 0.1) is 0 Å². The van der Waals surface area contributed by atoms with E-state index in [4.69, 9.17) is 22.1 Å². The summed E-state index contributed by atoms with van der Waals surface area (Å²) in [5, 5.41) is 0.343. The zero-order valence-electron chi connectivity index (χ0n) is 12.1.